The number of alkyl carbamates (subject to hydrolysis) is 2. The summed E-state index contributed by atoms with van der Waals surface area (Å²) in [5.74, 6) is 0.415. The van der Waals surface area contributed by atoms with Crippen LogP contribution in [0, 0.1) is 11.6 Å². The Labute approximate surface area is 351 Å². The van der Waals surface area contributed by atoms with E-state index >= 15 is 0 Å². The van der Waals surface area contributed by atoms with Gasteiger partial charge in [0.05, 0.1) is 16.8 Å². The normalized spacial score (nSPS) is 15.5. The van der Waals surface area contributed by atoms with Gasteiger partial charge in [0.1, 0.15) is 57.9 Å². The molecule has 59 heavy (non-hydrogen) atoms. The van der Waals surface area contributed by atoms with Gasteiger partial charge < -0.3 is 39.0 Å². The molecule has 2 aromatic heterocycles. The van der Waals surface area contributed by atoms with Crippen LogP contribution in [0.25, 0.3) is 22.5 Å². The number of imidazole rings is 2. The number of nitrogens with one attached hydrogen (secondary N) is 2. The molecule has 0 atom stereocenters. The first-order valence-corrected chi connectivity index (χ1v) is 20.1. The molecule has 0 bridgehead atoms. The van der Waals surface area contributed by atoms with Crippen LogP contribution in [0.3, 0.4) is 0 Å². The number of amides is 4. The zero-order valence-electron chi connectivity index (χ0n) is 35.2. The van der Waals surface area contributed by atoms with Gasteiger partial charge in [0, 0.05) is 43.5 Å². The number of fused-ring (bicyclic) bond motifs is 2. The zero-order chi connectivity index (χ0) is 43.7. The highest BCUT2D eigenvalue weighted by Gasteiger charge is 2.42. The number of benzene rings is 2. The quantitative estimate of drug-likeness (QED) is 0.204. The summed E-state index contributed by atoms with van der Waals surface area (Å²) in [6.07, 6.45) is 0.666. The summed E-state index contributed by atoms with van der Waals surface area (Å²) in [5, 5.41) is 5.04. The summed E-state index contributed by atoms with van der Waals surface area (Å²) >= 11 is 3.61. The van der Waals surface area contributed by atoms with Gasteiger partial charge >= 0.3 is 12.2 Å². The van der Waals surface area contributed by atoms with E-state index in [-0.39, 0.29) is 36.5 Å². The van der Waals surface area contributed by atoms with Crippen molar-refractivity contribution in [3.05, 3.63) is 82.6 Å². The topological polar surface area (TPSA) is 153 Å². The fraction of sp³-hybridized carbons (Fsp3) is 0.476. The maximum absolute atomic E-state index is 13.3. The first kappa shape index (κ1) is 44.8. The summed E-state index contributed by atoms with van der Waals surface area (Å²) in [5.41, 5.74) is 0.395. The van der Waals surface area contributed by atoms with Gasteiger partial charge in [0.2, 0.25) is 11.8 Å². The molecule has 0 aliphatic carbocycles. The van der Waals surface area contributed by atoms with Crippen LogP contribution in [0.15, 0.2) is 59.3 Å². The average molecular weight is 884 g/mol. The van der Waals surface area contributed by atoms with E-state index in [2.05, 4.69) is 26.6 Å². The lowest BCUT2D eigenvalue weighted by molar-refractivity contribution is -0.138. The monoisotopic (exact) mass is 882 g/mol. The number of carbonyl (C=O) groups is 4. The molecule has 17 heteroatoms. The molecule has 14 nitrogen and oxygen atoms in total. The van der Waals surface area contributed by atoms with E-state index in [1.54, 1.807) is 75.6 Å². The average Bonchev–Trinajstić information content (AvgIpc) is 3.72. The molecule has 2 aliphatic rings. The highest BCUT2D eigenvalue weighted by molar-refractivity contribution is 9.10. The minimum Gasteiger partial charge on any atom is -0.444 e. The molecular weight excluding hydrogens is 830 g/mol. The lowest BCUT2D eigenvalue weighted by Crippen LogP contribution is -2.54. The summed E-state index contributed by atoms with van der Waals surface area (Å²) in [6.45, 7) is 20.0. The van der Waals surface area contributed by atoms with Crippen LogP contribution in [0.5, 0.6) is 0 Å². The van der Waals surface area contributed by atoms with E-state index in [9.17, 15) is 28.0 Å². The highest BCUT2D eigenvalue weighted by atomic mass is 79.9. The van der Waals surface area contributed by atoms with Crippen molar-refractivity contribution in [1.29, 1.82) is 0 Å². The Balaban J connectivity index is 0.000000224. The number of aromatic nitrogens is 4. The lowest BCUT2D eigenvalue weighted by Gasteiger charge is -2.42. The molecular formula is C42H53BrF2N8O6. The van der Waals surface area contributed by atoms with Crippen LogP contribution in [0.2, 0.25) is 0 Å². The van der Waals surface area contributed by atoms with Crippen molar-refractivity contribution in [3.8, 4) is 22.5 Å². The fourth-order valence-electron chi connectivity index (χ4n) is 6.93. The first-order chi connectivity index (χ1) is 27.4. The Morgan fingerprint density at radius 1 is 0.678 bits per heavy atom. The van der Waals surface area contributed by atoms with Crippen molar-refractivity contribution in [2.24, 2.45) is 0 Å². The van der Waals surface area contributed by atoms with Crippen molar-refractivity contribution < 1.29 is 37.4 Å². The zero-order valence-corrected chi connectivity index (χ0v) is 36.8. The van der Waals surface area contributed by atoms with E-state index in [1.165, 1.54) is 24.3 Å². The number of hydrogen-bond acceptors (Lipinski definition) is 8. The van der Waals surface area contributed by atoms with Crippen molar-refractivity contribution in [3.63, 3.8) is 0 Å². The maximum Gasteiger partial charge on any atom is 0.408 e. The van der Waals surface area contributed by atoms with Crippen LogP contribution < -0.4 is 10.6 Å². The maximum atomic E-state index is 13.3. The van der Waals surface area contributed by atoms with E-state index in [0.717, 1.165) is 27.2 Å². The van der Waals surface area contributed by atoms with Gasteiger partial charge in [-0.3, -0.25) is 9.59 Å². The van der Waals surface area contributed by atoms with Crippen molar-refractivity contribution in [2.75, 3.05) is 26.2 Å². The van der Waals surface area contributed by atoms with Crippen LogP contribution in [-0.4, -0.2) is 90.3 Å². The van der Waals surface area contributed by atoms with Gasteiger partial charge in [-0.05, 0) is 134 Å². The van der Waals surface area contributed by atoms with Crippen molar-refractivity contribution in [2.45, 2.75) is 105 Å². The summed E-state index contributed by atoms with van der Waals surface area (Å²) in [4.78, 5) is 62.3. The summed E-state index contributed by atoms with van der Waals surface area (Å²) in [6, 6.07) is 12.3. The van der Waals surface area contributed by atoms with Gasteiger partial charge in [-0.2, -0.15) is 0 Å². The predicted molar refractivity (Wildman–Crippen MR) is 221 cm³/mol. The molecule has 2 aromatic carbocycles. The van der Waals surface area contributed by atoms with Crippen LogP contribution in [-0.2, 0) is 43.2 Å². The van der Waals surface area contributed by atoms with Crippen LogP contribution in [0.1, 0.15) is 80.9 Å². The predicted octanol–water partition coefficient (Wildman–Crippen LogP) is 7.34. The number of nitrogens with zero attached hydrogens (tertiary/aromatic N) is 6. The molecule has 0 saturated carbocycles. The Bertz CT molecular complexity index is 2190. The van der Waals surface area contributed by atoms with E-state index in [0.29, 0.717) is 37.7 Å². The SMILES string of the molecule is CC(C)(C)OC(=O)NCC(=O)N1CCn2c(nc(-c3ccc(F)cc3)c2Br)C1(C)C.CC(C)(C)OC(=O)NCC(=O)N1CCn2cc(-c3ccc(F)cc3)nc2C1(C)C. The van der Waals surface area contributed by atoms with Gasteiger partial charge in [-0.15, -0.1) is 0 Å². The summed E-state index contributed by atoms with van der Waals surface area (Å²) in [7, 11) is 0. The third-order valence-corrected chi connectivity index (χ3v) is 10.5. The van der Waals surface area contributed by atoms with E-state index < -0.39 is 34.5 Å². The molecule has 4 heterocycles. The molecule has 2 N–H and O–H groups in total. The number of carbonyl (C=O) groups excluding carboxylic acids is 4. The Hall–Kier alpha value is -5.32. The Morgan fingerprint density at radius 3 is 1.59 bits per heavy atom. The standard InChI is InChI=1S/C21H26BrFN4O3.C21H27FN4O3/c1-20(2,3)30-19(29)24-12-15(28)27-11-10-26-17(22)16(25-18(26)21(27,4)5)13-6-8-14(23)9-7-13;1-20(2,3)29-19(28)23-12-17(27)26-11-10-25-13-16(24-18(25)21(26,4)5)14-6-8-15(22)9-7-14/h6-9H,10-12H2,1-5H3,(H,24,29);6-9,13H,10-12H2,1-5H3,(H,23,28). The van der Waals surface area contributed by atoms with Gasteiger partial charge in [0.15, 0.2) is 0 Å². The minimum absolute atomic E-state index is 0.149. The van der Waals surface area contributed by atoms with Crippen LogP contribution >= 0.6 is 15.9 Å². The molecule has 0 radical (unpaired) electrons. The van der Waals surface area contributed by atoms with Crippen molar-refractivity contribution in [1.82, 2.24) is 39.5 Å². The molecule has 0 saturated heterocycles. The molecule has 2 aliphatic heterocycles. The molecule has 0 spiro atoms. The van der Waals surface area contributed by atoms with E-state index in [4.69, 9.17) is 19.4 Å². The van der Waals surface area contributed by atoms with Gasteiger partial charge in [0.25, 0.3) is 0 Å². The number of ether oxygens (including phenoxy) is 2. The molecule has 0 fully saturated rings. The van der Waals surface area contributed by atoms with Gasteiger partial charge in [-0.25, -0.2) is 28.3 Å². The number of rotatable bonds is 6. The summed E-state index contributed by atoms with van der Waals surface area (Å²) < 4.78 is 41.7. The second-order valence-corrected chi connectivity index (χ2v) is 18.1. The highest BCUT2D eigenvalue weighted by Crippen LogP contribution is 2.38. The second-order valence-electron chi connectivity index (χ2n) is 17.3. The smallest absolute Gasteiger partial charge is 0.408 e. The number of hydrogen-bond donors (Lipinski definition) is 2. The largest absolute Gasteiger partial charge is 0.444 e. The van der Waals surface area contributed by atoms with Crippen molar-refractivity contribution >= 4 is 39.9 Å². The lowest BCUT2D eigenvalue weighted by atomic mass is 9.99. The molecule has 318 valence electrons. The molecule has 4 aromatic rings. The first-order valence-electron chi connectivity index (χ1n) is 19.3. The van der Waals surface area contributed by atoms with Gasteiger partial charge in [-0.1, -0.05) is 0 Å². The molecule has 6 rings (SSSR count). The Kier molecular flexibility index (Phi) is 13.0. The Morgan fingerprint density at radius 2 is 1.12 bits per heavy atom. The molecule has 4 amide bonds. The fourth-order valence-corrected chi connectivity index (χ4v) is 7.59. The van der Waals surface area contributed by atoms with Crippen LogP contribution in [0.4, 0.5) is 18.4 Å². The minimum atomic E-state index is -0.703. The molecule has 0 unspecified atom stereocenters. The third kappa shape index (κ3) is 10.7. The number of halogens is 3. The van der Waals surface area contributed by atoms with E-state index in [1.807, 2.05) is 43.0 Å². The second kappa shape index (κ2) is 17.1. The third-order valence-electron chi connectivity index (χ3n) is 9.66.